The van der Waals surface area contributed by atoms with Crippen LogP contribution >= 0.6 is 12.2 Å². The highest BCUT2D eigenvalue weighted by Gasteiger charge is 2.20. The van der Waals surface area contributed by atoms with Crippen LogP contribution in [0.5, 0.6) is 0 Å². The molecule has 1 saturated carbocycles. The fourth-order valence-electron chi connectivity index (χ4n) is 4.39. The van der Waals surface area contributed by atoms with E-state index in [4.69, 9.17) is 0 Å². The molecule has 148 valence electrons. The van der Waals surface area contributed by atoms with E-state index in [1.54, 1.807) is 6.07 Å². The zero-order chi connectivity index (χ0) is 19.8. The van der Waals surface area contributed by atoms with Crippen molar-refractivity contribution in [2.45, 2.75) is 64.7 Å². The molecule has 0 amide bonds. The van der Waals surface area contributed by atoms with Crippen LogP contribution in [0, 0.1) is 17.7 Å². The van der Waals surface area contributed by atoms with Gasteiger partial charge in [0.25, 0.3) is 0 Å². The van der Waals surface area contributed by atoms with Gasteiger partial charge in [0.1, 0.15) is 5.82 Å². The highest BCUT2D eigenvalue weighted by Crippen LogP contribution is 2.34. The molecular weight excluding hydrogens is 365 g/mol. The molecule has 1 nitrogen and oxygen atoms in total. The third-order valence-corrected chi connectivity index (χ3v) is 6.25. The number of thiocarbonyl (C=S) groups is 1. The van der Waals surface area contributed by atoms with Crippen LogP contribution in [0.3, 0.4) is 0 Å². The molecule has 3 heteroatoms. The largest absolute Gasteiger partial charge is 0.206 e. The van der Waals surface area contributed by atoms with Gasteiger partial charge in [-0.2, -0.15) is 4.99 Å². The van der Waals surface area contributed by atoms with Gasteiger partial charge in [0.2, 0.25) is 0 Å². The summed E-state index contributed by atoms with van der Waals surface area (Å²) in [6.07, 6.45) is 11.7. The highest BCUT2D eigenvalue weighted by atomic mass is 32.1. The van der Waals surface area contributed by atoms with E-state index in [1.807, 2.05) is 30.3 Å². The first-order chi connectivity index (χ1) is 13.7. The second-order valence-electron chi connectivity index (χ2n) is 8.13. The van der Waals surface area contributed by atoms with E-state index in [0.29, 0.717) is 5.56 Å². The molecule has 0 bridgehead atoms. The highest BCUT2D eigenvalue weighted by molar-refractivity contribution is 7.78. The van der Waals surface area contributed by atoms with Crippen LogP contribution in [0.4, 0.5) is 10.1 Å². The molecule has 0 heterocycles. The van der Waals surface area contributed by atoms with Crippen molar-refractivity contribution in [2.24, 2.45) is 16.8 Å². The third kappa shape index (κ3) is 5.83. The number of benzene rings is 2. The molecule has 2 aromatic carbocycles. The Kier molecular flexibility index (Phi) is 7.94. The monoisotopic (exact) mass is 395 g/mol. The van der Waals surface area contributed by atoms with Crippen molar-refractivity contribution in [1.29, 1.82) is 0 Å². The molecule has 0 spiro atoms. The Labute approximate surface area is 174 Å². The number of hydrogen-bond donors (Lipinski definition) is 0. The lowest BCUT2D eigenvalue weighted by Crippen LogP contribution is -2.15. The molecule has 0 saturated heterocycles. The summed E-state index contributed by atoms with van der Waals surface area (Å²) >= 11 is 4.61. The van der Waals surface area contributed by atoms with Crippen molar-refractivity contribution >= 4 is 23.1 Å². The van der Waals surface area contributed by atoms with Crippen LogP contribution < -0.4 is 0 Å². The van der Waals surface area contributed by atoms with Crippen molar-refractivity contribution in [2.75, 3.05) is 0 Å². The molecule has 0 aromatic heterocycles. The van der Waals surface area contributed by atoms with Crippen molar-refractivity contribution in [3.8, 4) is 11.1 Å². The molecule has 1 fully saturated rings. The Balaban J connectivity index is 1.54. The molecule has 3 rings (SSSR count). The first-order valence-corrected chi connectivity index (χ1v) is 11.1. The normalized spacial score (nSPS) is 19.2. The van der Waals surface area contributed by atoms with E-state index >= 15 is 0 Å². The summed E-state index contributed by atoms with van der Waals surface area (Å²) in [5.74, 6) is 1.62. The SMILES string of the molecule is CCCC[C@H]1CC[C@H](CCc2ccc(-c3ccc(N=C=S)cc3)c(F)c2)CC1. The predicted molar refractivity (Wildman–Crippen MR) is 120 cm³/mol. The van der Waals surface area contributed by atoms with Crippen molar-refractivity contribution in [1.82, 2.24) is 0 Å². The maximum Gasteiger partial charge on any atom is 0.131 e. The summed E-state index contributed by atoms with van der Waals surface area (Å²) in [5, 5.41) is 2.35. The van der Waals surface area contributed by atoms with E-state index in [2.05, 4.69) is 35.4 Å². The number of aryl methyl sites for hydroxylation is 1. The first kappa shape index (κ1) is 20.9. The molecule has 0 atom stereocenters. The lowest BCUT2D eigenvalue weighted by molar-refractivity contribution is 0.250. The van der Waals surface area contributed by atoms with E-state index in [0.717, 1.165) is 35.1 Å². The lowest BCUT2D eigenvalue weighted by atomic mass is 9.78. The van der Waals surface area contributed by atoms with Gasteiger partial charge in [-0.15, -0.1) is 0 Å². The first-order valence-electron chi connectivity index (χ1n) is 10.7. The minimum atomic E-state index is -0.146. The number of hydrogen-bond acceptors (Lipinski definition) is 2. The Morgan fingerprint density at radius 2 is 1.68 bits per heavy atom. The van der Waals surface area contributed by atoms with Crippen LogP contribution in [-0.2, 0) is 6.42 Å². The summed E-state index contributed by atoms with van der Waals surface area (Å²) in [4.78, 5) is 3.94. The van der Waals surface area contributed by atoms with Crippen molar-refractivity contribution < 1.29 is 4.39 Å². The number of isothiocyanates is 1. The molecule has 0 radical (unpaired) electrons. The fraction of sp³-hybridized carbons (Fsp3) is 0.480. The summed E-state index contributed by atoms with van der Waals surface area (Å²) in [7, 11) is 0. The standard InChI is InChI=1S/C25H30FNS/c1-2-3-4-19-5-7-20(8-6-19)9-10-21-11-16-24(25(26)17-21)22-12-14-23(15-13-22)27-18-28/h11-17,19-20H,2-10H2,1H3/t19-,20-. The van der Waals surface area contributed by atoms with Gasteiger partial charge in [-0.3, -0.25) is 0 Å². The van der Waals surface area contributed by atoms with Gasteiger partial charge in [0.05, 0.1) is 10.8 Å². The summed E-state index contributed by atoms with van der Waals surface area (Å²) in [6, 6.07) is 13.1. The maximum atomic E-state index is 14.7. The zero-order valence-electron chi connectivity index (χ0n) is 16.8. The van der Waals surface area contributed by atoms with Gasteiger partial charge in [-0.25, -0.2) is 4.39 Å². The van der Waals surface area contributed by atoms with E-state index in [-0.39, 0.29) is 5.82 Å². The third-order valence-electron chi connectivity index (χ3n) is 6.16. The van der Waals surface area contributed by atoms with Gasteiger partial charge in [0, 0.05) is 5.56 Å². The van der Waals surface area contributed by atoms with Crippen LogP contribution in [-0.4, -0.2) is 5.16 Å². The van der Waals surface area contributed by atoms with E-state index in [9.17, 15) is 4.39 Å². The number of rotatable bonds is 8. The minimum Gasteiger partial charge on any atom is -0.206 e. The van der Waals surface area contributed by atoms with Crippen LogP contribution in [0.1, 0.15) is 63.9 Å². The zero-order valence-corrected chi connectivity index (χ0v) is 17.6. The van der Waals surface area contributed by atoms with E-state index < -0.39 is 0 Å². The average molecular weight is 396 g/mol. The minimum absolute atomic E-state index is 0.146. The smallest absolute Gasteiger partial charge is 0.131 e. The molecular formula is C25H30FNS. The topological polar surface area (TPSA) is 12.4 Å². The number of aliphatic imine (C=N–C) groups is 1. The lowest BCUT2D eigenvalue weighted by Gasteiger charge is -2.28. The Bertz CT molecular complexity index is 800. The van der Waals surface area contributed by atoms with Crippen LogP contribution in [0.25, 0.3) is 11.1 Å². The predicted octanol–water partition coefficient (Wildman–Crippen LogP) is 8.16. The summed E-state index contributed by atoms with van der Waals surface area (Å²) in [5.41, 5.74) is 3.34. The Hall–Kier alpha value is -1.83. The molecule has 0 unspecified atom stereocenters. The summed E-state index contributed by atoms with van der Waals surface area (Å²) < 4.78 is 14.7. The Morgan fingerprint density at radius 3 is 2.29 bits per heavy atom. The summed E-state index contributed by atoms with van der Waals surface area (Å²) in [6.45, 7) is 2.28. The van der Waals surface area contributed by atoms with Gasteiger partial charge >= 0.3 is 0 Å². The van der Waals surface area contributed by atoms with Crippen molar-refractivity contribution in [3.05, 3.63) is 53.8 Å². The van der Waals surface area contributed by atoms with E-state index in [1.165, 1.54) is 51.4 Å². The second kappa shape index (κ2) is 10.6. The molecule has 1 aliphatic rings. The number of nitrogens with zero attached hydrogens (tertiary/aromatic N) is 1. The van der Waals surface area contributed by atoms with Crippen molar-refractivity contribution in [3.63, 3.8) is 0 Å². The number of halogens is 1. The number of unbranched alkanes of at least 4 members (excludes halogenated alkanes) is 1. The quantitative estimate of drug-likeness (QED) is 0.324. The van der Waals surface area contributed by atoms with Crippen LogP contribution in [0.2, 0.25) is 0 Å². The molecule has 28 heavy (non-hydrogen) atoms. The molecule has 1 aliphatic carbocycles. The maximum absolute atomic E-state index is 14.7. The average Bonchev–Trinajstić information content (AvgIpc) is 2.72. The fourth-order valence-corrected chi connectivity index (χ4v) is 4.49. The van der Waals surface area contributed by atoms with Crippen LogP contribution in [0.15, 0.2) is 47.5 Å². The molecule has 2 aromatic rings. The Morgan fingerprint density at radius 1 is 1.00 bits per heavy atom. The van der Waals surface area contributed by atoms with Gasteiger partial charge < -0.3 is 0 Å². The molecule has 0 aliphatic heterocycles. The van der Waals surface area contributed by atoms with Gasteiger partial charge in [-0.1, -0.05) is 76.1 Å². The van der Waals surface area contributed by atoms with Gasteiger partial charge in [0.15, 0.2) is 0 Å². The molecule has 0 N–H and O–H groups in total. The van der Waals surface area contributed by atoms with Gasteiger partial charge in [-0.05, 0) is 66.2 Å². The second-order valence-corrected chi connectivity index (χ2v) is 8.31.